The maximum absolute atomic E-state index is 11.4. The maximum Gasteiger partial charge on any atom is 0.159 e. The molecule has 1 N–H and O–H groups in total. The van der Waals surface area contributed by atoms with Crippen LogP contribution in [0.25, 0.3) is 0 Å². The fraction of sp³-hybridized carbons (Fsp3) is 0.333. The van der Waals surface area contributed by atoms with E-state index >= 15 is 0 Å². The molecule has 0 aliphatic carbocycles. The quantitative estimate of drug-likeness (QED) is 0.877. The van der Waals surface area contributed by atoms with Crippen molar-refractivity contribution in [1.29, 1.82) is 0 Å². The van der Waals surface area contributed by atoms with Crippen molar-refractivity contribution in [3.05, 3.63) is 45.7 Å². The van der Waals surface area contributed by atoms with Gasteiger partial charge in [0.05, 0.1) is 5.69 Å². The summed E-state index contributed by atoms with van der Waals surface area (Å²) in [5.41, 5.74) is 4.75. The molecule has 2 aromatic rings. The fourth-order valence-electron chi connectivity index (χ4n) is 2.16. The standard InChI is InChI=1S/C15H18ClN3O/c1-9-15(10(2)19(4)18-9)8-17-14-6-12(11(3)20)5-13(16)7-14/h5-7,17H,8H2,1-4H3. The molecule has 0 saturated carbocycles. The minimum Gasteiger partial charge on any atom is -0.381 e. The highest BCUT2D eigenvalue weighted by atomic mass is 35.5. The molecule has 0 bridgehead atoms. The van der Waals surface area contributed by atoms with Crippen LogP contribution in [-0.4, -0.2) is 15.6 Å². The average molecular weight is 292 g/mol. The van der Waals surface area contributed by atoms with Crippen LogP contribution in [-0.2, 0) is 13.6 Å². The molecule has 0 amide bonds. The smallest absolute Gasteiger partial charge is 0.159 e. The molecule has 0 spiro atoms. The number of hydrogen-bond donors (Lipinski definition) is 1. The van der Waals surface area contributed by atoms with Crippen molar-refractivity contribution in [1.82, 2.24) is 9.78 Å². The first-order valence-corrected chi connectivity index (χ1v) is 6.80. The van der Waals surface area contributed by atoms with Crippen LogP contribution < -0.4 is 5.32 Å². The van der Waals surface area contributed by atoms with Crippen LogP contribution in [0.1, 0.15) is 34.2 Å². The van der Waals surface area contributed by atoms with Crippen LogP contribution in [0.2, 0.25) is 5.02 Å². The van der Waals surface area contributed by atoms with E-state index in [2.05, 4.69) is 10.4 Å². The number of aromatic nitrogens is 2. The highest BCUT2D eigenvalue weighted by molar-refractivity contribution is 6.31. The van der Waals surface area contributed by atoms with Crippen molar-refractivity contribution in [3.63, 3.8) is 0 Å². The van der Waals surface area contributed by atoms with Gasteiger partial charge in [-0.3, -0.25) is 9.48 Å². The summed E-state index contributed by atoms with van der Waals surface area (Å²) in [6.07, 6.45) is 0. The third-order valence-electron chi connectivity index (χ3n) is 3.43. The lowest BCUT2D eigenvalue weighted by atomic mass is 10.1. The van der Waals surface area contributed by atoms with Crippen LogP contribution in [0.5, 0.6) is 0 Å². The van der Waals surface area contributed by atoms with Gasteiger partial charge in [-0.1, -0.05) is 11.6 Å². The van der Waals surface area contributed by atoms with Gasteiger partial charge in [0.1, 0.15) is 0 Å². The van der Waals surface area contributed by atoms with Gasteiger partial charge in [-0.15, -0.1) is 0 Å². The lowest BCUT2D eigenvalue weighted by Gasteiger charge is -2.09. The van der Waals surface area contributed by atoms with Crippen molar-refractivity contribution in [2.45, 2.75) is 27.3 Å². The maximum atomic E-state index is 11.4. The number of nitrogens with zero attached hydrogens (tertiary/aromatic N) is 2. The van der Waals surface area contributed by atoms with Crippen LogP contribution in [0, 0.1) is 13.8 Å². The first-order valence-electron chi connectivity index (χ1n) is 6.43. The van der Waals surface area contributed by atoms with Gasteiger partial charge in [0, 0.05) is 41.1 Å². The van der Waals surface area contributed by atoms with Gasteiger partial charge < -0.3 is 5.32 Å². The molecule has 1 heterocycles. The Hall–Kier alpha value is -1.81. The lowest BCUT2D eigenvalue weighted by Crippen LogP contribution is -2.03. The van der Waals surface area contributed by atoms with Crippen molar-refractivity contribution in [2.75, 3.05) is 5.32 Å². The number of halogens is 1. The van der Waals surface area contributed by atoms with Gasteiger partial charge in [0.15, 0.2) is 5.78 Å². The summed E-state index contributed by atoms with van der Waals surface area (Å²) in [6, 6.07) is 5.31. The highest BCUT2D eigenvalue weighted by Crippen LogP contribution is 2.21. The zero-order valence-corrected chi connectivity index (χ0v) is 12.9. The number of anilines is 1. The number of nitrogens with one attached hydrogen (secondary N) is 1. The summed E-state index contributed by atoms with van der Waals surface area (Å²) in [5.74, 6) is 0.00397. The minimum atomic E-state index is 0.00397. The van der Waals surface area contributed by atoms with Crippen LogP contribution in [0.15, 0.2) is 18.2 Å². The summed E-state index contributed by atoms with van der Waals surface area (Å²) >= 11 is 6.03. The second-order valence-electron chi connectivity index (χ2n) is 4.91. The molecule has 20 heavy (non-hydrogen) atoms. The van der Waals surface area contributed by atoms with E-state index in [0.29, 0.717) is 17.1 Å². The van der Waals surface area contributed by atoms with E-state index in [1.807, 2.05) is 37.7 Å². The Morgan fingerprint density at radius 1 is 1.35 bits per heavy atom. The summed E-state index contributed by atoms with van der Waals surface area (Å²) < 4.78 is 1.87. The molecule has 2 rings (SSSR count). The largest absolute Gasteiger partial charge is 0.381 e. The third-order valence-corrected chi connectivity index (χ3v) is 3.65. The molecular weight excluding hydrogens is 274 g/mol. The zero-order chi connectivity index (χ0) is 14.9. The predicted octanol–water partition coefficient (Wildman–Crippen LogP) is 3.51. The number of carbonyl (C=O) groups is 1. The second-order valence-corrected chi connectivity index (χ2v) is 5.35. The summed E-state index contributed by atoms with van der Waals surface area (Å²) in [5, 5.41) is 8.24. The summed E-state index contributed by atoms with van der Waals surface area (Å²) in [7, 11) is 1.93. The zero-order valence-electron chi connectivity index (χ0n) is 12.1. The first kappa shape index (κ1) is 14.6. The van der Waals surface area contributed by atoms with Gasteiger partial charge in [-0.25, -0.2) is 0 Å². The Kier molecular flexibility index (Phi) is 4.14. The molecule has 4 nitrogen and oxygen atoms in total. The summed E-state index contributed by atoms with van der Waals surface area (Å²) in [4.78, 5) is 11.4. The SMILES string of the molecule is CC(=O)c1cc(Cl)cc(NCc2c(C)nn(C)c2C)c1. The third kappa shape index (κ3) is 3.02. The van der Waals surface area contributed by atoms with E-state index in [9.17, 15) is 4.79 Å². The topological polar surface area (TPSA) is 46.9 Å². The number of ketones is 1. The molecule has 0 unspecified atom stereocenters. The average Bonchev–Trinajstić information content (AvgIpc) is 2.60. The number of Topliss-reactive ketones (excluding diaryl/α,β-unsaturated/α-hetero) is 1. The van der Waals surface area contributed by atoms with E-state index in [1.165, 1.54) is 6.92 Å². The molecule has 1 aromatic carbocycles. The van der Waals surface area contributed by atoms with E-state index in [4.69, 9.17) is 11.6 Å². The highest BCUT2D eigenvalue weighted by Gasteiger charge is 2.09. The Morgan fingerprint density at radius 3 is 2.60 bits per heavy atom. The van der Waals surface area contributed by atoms with Gasteiger partial charge >= 0.3 is 0 Å². The molecule has 106 valence electrons. The normalized spacial score (nSPS) is 10.7. The van der Waals surface area contributed by atoms with Crippen molar-refractivity contribution in [3.8, 4) is 0 Å². The van der Waals surface area contributed by atoms with Crippen LogP contribution >= 0.6 is 11.6 Å². The molecule has 0 saturated heterocycles. The number of rotatable bonds is 4. The van der Waals surface area contributed by atoms with Gasteiger partial charge in [0.2, 0.25) is 0 Å². The van der Waals surface area contributed by atoms with Gasteiger partial charge in [-0.2, -0.15) is 5.10 Å². The number of benzene rings is 1. The van der Waals surface area contributed by atoms with Crippen LogP contribution in [0.4, 0.5) is 5.69 Å². The molecule has 5 heteroatoms. The van der Waals surface area contributed by atoms with Gasteiger partial charge in [0.25, 0.3) is 0 Å². The number of carbonyl (C=O) groups excluding carboxylic acids is 1. The van der Waals surface area contributed by atoms with E-state index in [1.54, 1.807) is 6.07 Å². The Morgan fingerprint density at radius 2 is 2.05 bits per heavy atom. The molecule has 0 radical (unpaired) electrons. The monoisotopic (exact) mass is 291 g/mol. The Bertz CT molecular complexity index is 661. The van der Waals surface area contributed by atoms with E-state index in [-0.39, 0.29) is 5.78 Å². The van der Waals surface area contributed by atoms with Crippen molar-refractivity contribution in [2.24, 2.45) is 7.05 Å². The van der Waals surface area contributed by atoms with Crippen molar-refractivity contribution < 1.29 is 4.79 Å². The van der Waals surface area contributed by atoms with E-state index in [0.717, 1.165) is 22.6 Å². The molecule has 0 fully saturated rings. The molecule has 0 aliphatic heterocycles. The molecule has 1 aromatic heterocycles. The minimum absolute atomic E-state index is 0.00397. The number of hydrogen-bond acceptors (Lipinski definition) is 3. The molecular formula is C15H18ClN3O. The predicted molar refractivity (Wildman–Crippen MR) is 81.5 cm³/mol. The fourth-order valence-corrected chi connectivity index (χ4v) is 2.39. The number of aryl methyl sites for hydroxylation is 2. The van der Waals surface area contributed by atoms with Crippen molar-refractivity contribution >= 4 is 23.1 Å². The Balaban J connectivity index is 2.21. The molecule has 0 atom stereocenters. The lowest BCUT2D eigenvalue weighted by molar-refractivity contribution is 0.101. The molecule has 0 aliphatic rings. The summed E-state index contributed by atoms with van der Waals surface area (Å²) in [6.45, 7) is 6.22. The second kappa shape index (κ2) is 5.67. The van der Waals surface area contributed by atoms with Gasteiger partial charge in [-0.05, 0) is 39.0 Å². The van der Waals surface area contributed by atoms with Crippen LogP contribution in [0.3, 0.4) is 0 Å². The Labute approximate surface area is 123 Å². The van der Waals surface area contributed by atoms with E-state index < -0.39 is 0 Å². The first-order chi connectivity index (χ1) is 9.38.